The van der Waals surface area contributed by atoms with Gasteiger partial charge in [0.1, 0.15) is 24.5 Å². The van der Waals surface area contributed by atoms with Crippen LogP contribution in [0.2, 0.25) is 5.02 Å². The summed E-state index contributed by atoms with van der Waals surface area (Å²) in [5.41, 5.74) is 2.23. The first kappa shape index (κ1) is 26.7. The minimum absolute atomic E-state index is 0.0163. The molecule has 8 nitrogen and oxygen atoms in total. The summed E-state index contributed by atoms with van der Waals surface area (Å²) in [6, 6.07) is 13.5. The second-order valence-corrected chi connectivity index (χ2v) is 10.2. The number of hydrogen-bond acceptors (Lipinski definition) is 8. The smallest absolute Gasteiger partial charge is 0.407 e. The van der Waals surface area contributed by atoms with Gasteiger partial charge in [0.25, 0.3) is 0 Å². The van der Waals surface area contributed by atoms with E-state index in [1.54, 1.807) is 31.2 Å². The molecule has 5 rings (SSSR count). The van der Waals surface area contributed by atoms with Crippen LogP contribution in [0.4, 0.5) is 20.7 Å². The Morgan fingerprint density at radius 1 is 1.26 bits per heavy atom. The average molecular weight is 566 g/mol. The summed E-state index contributed by atoms with van der Waals surface area (Å²) in [4.78, 5) is 21.3. The Hall–Kier alpha value is -3.91. The number of alkyl carbamates (subject to hydrolysis) is 1. The maximum Gasteiger partial charge on any atom is 0.407 e. The van der Waals surface area contributed by atoms with Crippen molar-refractivity contribution in [3.63, 3.8) is 0 Å². The molecule has 0 radical (unpaired) electrons. The highest BCUT2D eigenvalue weighted by atomic mass is 35.5. The van der Waals surface area contributed by atoms with Gasteiger partial charge in [-0.3, -0.25) is 0 Å². The summed E-state index contributed by atoms with van der Waals surface area (Å²) in [6.45, 7) is 2.96. The van der Waals surface area contributed by atoms with E-state index in [1.165, 1.54) is 29.8 Å². The van der Waals surface area contributed by atoms with Crippen molar-refractivity contribution in [3.8, 4) is 17.6 Å². The number of aromatic nitrogens is 2. The number of halogens is 2. The number of nitrogens with zero attached hydrogens (tertiary/aromatic N) is 2. The molecule has 3 heterocycles. The van der Waals surface area contributed by atoms with Gasteiger partial charge in [-0.1, -0.05) is 35.6 Å². The van der Waals surface area contributed by atoms with Crippen molar-refractivity contribution < 1.29 is 18.7 Å². The largest absolute Gasteiger partial charge is 0.487 e. The zero-order valence-corrected chi connectivity index (χ0v) is 22.5. The Balaban J connectivity index is 1.24. The normalized spacial score (nSPS) is 16.4. The highest BCUT2D eigenvalue weighted by molar-refractivity contribution is 7.20. The molecule has 3 N–H and O–H groups in total. The molecular weight excluding hydrogens is 541 g/mol. The number of fused-ring (bicyclic) bond motifs is 1. The van der Waals surface area contributed by atoms with E-state index in [0.29, 0.717) is 41.7 Å². The number of carbonyl (C=O) groups is 1. The van der Waals surface area contributed by atoms with E-state index in [9.17, 15) is 9.18 Å². The van der Waals surface area contributed by atoms with Gasteiger partial charge in [0.2, 0.25) is 0 Å². The fraction of sp³-hybridized carbons (Fsp3) is 0.250. The van der Waals surface area contributed by atoms with E-state index in [0.717, 1.165) is 20.8 Å². The zero-order chi connectivity index (χ0) is 27.2. The molecule has 4 aromatic rings. The van der Waals surface area contributed by atoms with Crippen molar-refractivity contribution in [2.24, 2.45) is 0 Å². The second kappa shape index (κ2) is 12.3. The number of nitrogens with one attached hydrogen (secondary N) is 3. The minimum Gasteiger partial charge on any atom is -0.487 e. The van der Waals surface area contributed by atoms with Crippen LogP contribution in [0.25, 0.3) is 10.2 Å². The lowest BCUT2D eigenvalue weighted by Crippen LogP contribution is -2.36. The lowest BCUT2D eigenvalue weighted by Gasteiger charge is -2.11. The number of rotatable bonds is 7. The predicted octanol–water partition coefficient (Wildman–Crippen LogP) is 5.63. The van der Waals surface area contributed by atoms with Gasteiger partial charge in [-0.15, -0.1) is 11.3 Å². The van der Waals surface area contributed by atoms with Crippen LogP contribution in [0.3, 0.4) is 0 Å². The summed E-state index contributed by atoms with van der Waals surface area (Å²) in [6.07, 6.45) is 1.79. The molecule has 0 spiro atoms. The topological polar surface area (TPSA) is 97.4 Å². The van der Waals surface area contributed by atoms with Gasteiger partial charge in [-0.2, -0.15) is 0 Å². The predicted molar refractivity (Wildman–Crippen MR) is 150 cm³/mol. The zero-order valence-electron chi connectivity index (χ0n) is 21.0. The Bertz CT molecular complexity index is 1550. The summed E-state index contributed by atoms with van der Waals surface area (Å²) in [5.74, 6) is 7.28. The minimum atomic E-state index is -0.409. The Morgan fingerprint density at radius 2 is 2.15 bits per heavy atom. The Kier molecular flexibility index (Phi) is 8.42. The summed E-state index contributed by atoms with van der Waals surface area (Å²) in [7, 11) is 0. The third-order valence-electron chi connectivity index (χ3n) is 5.89. The highest BCUT2D eigenvalue weighted by Crippen LogP contribution is 2.33. The number of carbonyl (C=O) groups excluding carboxylic acids is 1. The van der Waals surface area contributed by atoms with Gasteiger partial charge >= 0.3 is 6.09 Å². The molecule has 1 fully saturated rings. The number of benzene rings is 2. The molecule has 1 aliphatic heterocycles. The Morgan fingerprint density at radius 3 is 2.97 bits per heavy atom. The van der Waals surface area contributed by atoms with Gasteiger partial charge in [0.15, 0.2) is 5.82 Å². The number of amides is 1. The van der Waals surface area contributed by atoms with Crippen LogP contribution in [0.1, 0.15) is 23.8 Å². The van der Waals surface area contributed by atoms with E-state index in [-0.39, 0.29) is 24.5 Å². The highest BCUT2D eigenvalue weighted by Gasteiger charge is 2.24. The quantitative estimate of drug-likeness (QED) is 0.250. The molecule has 2 aromatic carbocycles. The molecule has 2 atom stereocenters. The van der Waals surface area contributed by atoms with E-state index >= 15 is 0 Å². The van der Waals surface area contributed by atoms with Crippen LogP contribution >= 0.6 is 22.9 Å². The SMILES string of the molecule is CCOC(=O)NC1CNC(C#Cc2cc3ncnc(Nc4ccc(OCc5cccc(F)c5)c(Cl)c4)c3s2)C1. The fourth-order valence-corrected chi connectivity index (χ4v) is 5.23. The molecule has 1 amide bonds. The van der Waals surface area contributed by atoms with Crippen molar-refractivity contribution in [2.45, 2.75) is 32.0 Å². The van der Waals surface area contributed by atoms with Gasteiger partial charge in [0.05, 0.1) is 32.8 Å². The van der Waals surface area contributed by atoms with E-state index in [4.69, 9.17) is 21.1 Å². The first-order valence-corrected chi connectivity index (χ1v) is 13.5. The monoisotopic (exact) mass is 565 g/mol. The van der Waals surface area contributed by atoms with Crippen molar-refractivity contribution in [3.05, 3.63) is 76.1 Å². The van der Waals surface area contributed by atoms with E-state index in [1.807, 2.05) is 12.1 Å². The molecule has 1 aliphatic rings. The van der Waals surface area contributed by atoms with E-state index in [2.05, 4.69) is 37.8 Å². The molecule has 200 valence electrons. The maximum atomic E-state index is 13.4. The summed E-state index contributed by atoms with van der Waals surface area (Å²) in [5, 5.41) is 9.87. The van der Waals surface area contributed by atoms with Gasteiger partial charge in [-0.25, -0.2) is 19.2 Å². The third kappa shape index (κ3) is 6.95. The molecule has 0 bridgehead atoms. The molecule has 39 heavy (non-hydrogen) atoms. The van der Waals surface area contributed by atoms with Crippen LogP contribution in [0.5, 0.6) is 5.75 Å². The summed E-state index contributed by atoms with van der Waals surface area (Å²) < 4.78 is 25.0. The molecule has 0 aliphatic carbocycles. The number of thiophene rings is 1. The first-order chi connectivity index (χ1) is 19.0. The van der Waals surface area contributed by atoms with Crippen molar-refractivity contribution in [2.75, 3.05) is 18.5 Å². The van der Waals surface area contributed by atoms with Crippen molar-refractivity contribution in [1.82, 2.24) is 20.6 Å². The Labute approximate surface area is 233 Å². The lowest BCUT2D eigenvalue weighted by atomic mass is 10.2. The van der Waals surface area contributed by atoms with Gasteiger partial charge < -0.3 is 25.4 Å². The van der Waals surface area contributed by atoms with Crippen molar-refractivity contribution in [1.29, 1.82) is 0 Å². The molecule has 2 aromatic heterocycles. The van der Waals surface area contributed by atoms with E-state index < -0.39 is 6.09 Å². The average Bonchev–Trinajstić information content (AvgIpc) is 3.54. The third-order valence-corrected chi connectivity index (χ3v) is 7.23. The maximum absolute atomic E-state index is 13.4. The van der Waals surface area contributed by atoms with Crippen LogP contribution in [-0.2, 0) is 11.3 Å². The standard InChI is InChI=1S/C28H25ClFN5O3S/c1-2-37-28(36)35-21-11-19(31-14-21)6-8-22-13-24-26(39-22)27(33-16-32-24)34-20-7-9-25(23(29)12-20)38-15-17-4-3-5-18(30)10-17/h3-5,7,9-10,12-13,16,19,21,31H,2,11,14-15H2,1H3,(H,35,36)(H,32,33,34). The second-order valence-electron chi connectivity index (χ2n) is 8.76. The van der Waals surface area contributed by atoms with Crippen LogP contribution < -0.4 is 20.7 Å². The molecule has 2 unspecified atom stereocenters. The van der Waals surface area contributed by atoms with Crippen LogP contribution in [0.15, 0.2) is 54.9 Å². The van der Waals surface area contributed by atoms with Crippen LogP contribution in [-0.4, -0.2) is 41.3 Å². The lowest BCUT2D eigenvalue weighted by molar-refractivity contribution is 0.148. The molecule has 1 saturated heterocycles. The number of hydrogen-bond donors (Lipinski definition) is 3. The molecule has 0 saturated carbocycles. The van der Waals surface area contributed by atoms with Crippen molar-refractivity contribution >= 4 is 50.8 Å². The van der Waals surface area contributed by atoms with Crippen LogP contribution in [0, 0.1) is 17.7 Å². The molecular formula is C28H25ClFN5O3S. The molecule has 11 heteroatoms. The number of anilines is 2. The first-order valence-electron chi connectivity index (χ1n) is 12.3. The summed E-state index contributed by atoms with van der Waals surface area (Å²) >= 11 is 7.94. The fourth-order valence-electron chi connectivity index (χ4n) is 4.08. The van der Waals surface area contributed by atoms with Gasteiger partial charge in [0, 0.05) is 18.3 Å². The van der Waals surface area contributed by atoms with Gasteiger partial charge in [-0.05, 0) is 55.3 Å². The number of ether oxygens (including phenoxy) is 2.